The molecule has 0 saturated heterocycles. The van der Waals surface area contributed by atoms with Crippen LogP contribution in [0.15, 0.2) is 24.3 Å². The number of aliphatic hydroxyl groups excluding tert-OH is 1. The molecule has 1 aromatic carbocycles. The average Bonchev–Trinajstić information content (AvgIpc) is 2.40. The van der Waals surface area contributed by atoms with Crippen molar-refractivity contribution in [2.24, 2.45) is 0 Å². The van der Waals surface area contributed by atoms with Crippen molar-refractivity contribution >= 4 is 5.91 Å². The van der Waals surface area contributed by atoms with E-state index in [-0.39, 0.29) is 19.6 Å². The summed E-state index contributed by atoms with van der Waals surface area (Å²) in [5, 5.41) is 11.0. The Balaban J connectivity index is 2.51. The van der Waals surface area contributed by atoms with Gasteiger partial charge in [0.05, 0.1) is 0 Å². The van der Waals surface area contributed by atoms with Crippen molar-refractivity contribution in [3.8, 4) is 11.8 Å². The van der Waals surface area contributed by atoms with E-state index in [4.69, 9.17) is 5.11 Å². The van der Waals surface area contributed by atoms with Crippen molar-refractivity contribution in [3.63, 3.8) is 0 Å². The molecular formula is C14H14F3NO2. The molecule has 0 bridgehead atoms. The van der Waals surface area contributed by atoms with E-state index in [0.717, 1.165) is 0 Å². The van der Waals surface area contributed by atoms with Crippen molar-refractivity contribution in [2.75, 3.05) is 13.2 Å². The number of hydrogen-bond donors (Lipinski definition) is 2. The second-order valence-corrected chi connectivity index (χ2v) is 4.02. The second kappa shape index (κ2) is 7.56. The van der Waals surface area contributed by atoms with Crippen molar-refractivity contribution in [1.29, 1.82) is 0 Å². The van der Waals surface area contributed by atoms with Gasteiger partial charge in [0, 0.05) is 24.1 Å². The summed E-state index contributed by atoms with van der Waals surface area (Å²) in [4.78, 5) is 11.7. The summed E-state index contributed by atoms with van der Waals surface area (Å²) in [6.07, 6.45) is -5.28. The van der Waals surface area contributed by atoms with Gasteiger partial charge in [-0.05, 0) is 24.6 Å². The third kappa shape index (κ3) is 6.25. The molecular weight excluding hydrogens is 271 g/mol. The average molecular weight is 285 g/mol. The Kier molecular flexibility index (Phi) is 6.07. The fraction of sp³-hybridized carbons (Fsp3) is 0.357. The molecule has 1 rings (SSSR count). The molecule has 0 radical (unpaired) electrons. The quantitative estimate of drug-likeness (QED) is 0.657. The van der Waals surface area contributed by atoms with Gasteiger partial charge in [-0.25, -0.2) is 0 Å². The highest BCUT2D eigenvalue weighted by Crippen LogP contribution is 2.20. The first-order valence-corrected chi connectivity index (χ1v) is 5.97. The Morgan fingerprint density at radius 1 is 1.35 bits per heavy atom. The fourth-order valence-corrected chi connectivity index (χ4v) is 1.47. The summed E-state index contributed by atoms with van der Waals surface area (Å²) in [6, 6.07) is 6.35. The Hall–Kier alpha value is -2.00. The van der Waals surface area contributed by atoms with E-state index in [2.05, 4.69) is 17.2 Å². The molecule has 0 aliphatic rings. The smallest absolute Gasteiger partial charge is 0.384 e. The normalized spacial score (nSPS) is 10.6. The molecule has 20 heavy (non-hydrogen) atoms. The summed E-state index contributed by atoms with van der Waals surface area (Å²) >= 11 is 0. The Labute approximate surface area is 114 Å². The lowest BCUT2D eigenvalue weighted by atomic mass is 10.1. The molecule has 0 heterocycles. The number of halogens is 3. The van der Waals surface area contributed by atoms with Gasteiger partial charge < -0.3 is 10.4 Å². The maximum absolute atomic E-state index is 11.9. The largest absolute Gasteiger partial charge is 0.389 e. The minimum atomic E-state index is -4.20. The number of benzene rings is 1. The predicted octanol–water partition coefficient (Wildman–Crippen LogP) is 2.10. The molecule has 2 N–H and O–H groups in total. The van der Waals surface area contributed by atoms with E-state index in [0.29, 0.717) is 11.1 Å². The van der Waals surface area contributed by atoms with Crippen LogP contribution >= 0.6 is 0 Å². The van der Waals surface area contributed by atoms with E-state index < -0.39 is 18.5 Å². The molecule has 0 fully saturated rings. The number of carbonyl (C=O) groups is 1. The zero-order valence-electron chi connectivity index (χ0n) is 10.6. The van der Waals surface area contributed by atoms with Crippen molar-refractivity contribution in [2.45, 2.75) is 19.0 Å². The number of hydrogen-bond acceptors (Lipinski definition) is 2. The van der Waals surface area contributed by atoms with Crippen LogP contribution in [0.2, 0.25) is 0 Å². The SMILES string of the molecule is O=C(NCCCC(F)(F)F)c1cccc(C#CCO)c1. The minimum absolute atomic E-state index is 0.0368. The Morgan fingerprint density at radius 3 is 2.75 bits per heavy atom. The van der Waals surface area contributed by atoms with Crippen molar-refractivity contribution in [1.82, 2.24) is 5.32 Å². The molecule has 0 aromatic heterocycles. The van der Waals surface area contributed by atoms with E-state index in [1.54, 1.807) is 18.2 Å². The number of amides is 1. The third-order valence-electron chi connectivity index (χ3n) is 2.36. The molecule has 0 aliphatic heterocycles. The standard InChI is InChI=1S/C14H14F3NO2/c15-14(16,17)7-3-8-18-13(20)12-6-1-4-11(10-12)5-2-9-19/h1,4,6,10,19H,3,7-9H2,(H,18,20). The second-order valence-electron chi connectivity index (χ2n) is 4.02. The lowest BCUT2D eigenvalue weighted by molar-refractivity contribution is -0.135. The van der Waals surface area contributed by atoms with Crippen LogP contribution in [-0.4, -0.2) is 30.3 Å². The first-order valence-electron chi connectivity index (χ1n) is 5.97. The van der Waals surface area contributed by atoms with Gasteiger partial charge in [0.1, 0.15) is 6.61 Å². The minimum Gasteiger partial charge on any atom is -0.384 e. The zero-order valence-corrected chi connectivity index (χ0v) is 10.6. The van der Waals surface area contributed by atoms with Gasteiger partial charge >= 0.3 is 6.18 Å². The number of aliphatic hydroxyl groups is 1. The highest BCUT2D eigenvalue weighted by Gasteiger charge is 2.25. The summed E-state index contributed by atoms with van der Waals surface area (Å²) in [5.41, 5.74) is 0.878. The van der Waals surface area contributed by atoms with Crippen LogP contribution in [0, 0.1) is 11.8 Å². The maximum Gasteiger partial charge on any atom is 0.389 e. The van der Waals surface area contributed by atoms with Crippen molar-refractivity contribution in [3.05, 3.63) is 35.4 Å². The van der Waals surface area contributed by atoms with E-state index in [1.165, 1.54) is 6.07 Å². The highest BCUT2D eigenvalue weighted by molar-refractivity contribution is 5.94. The van der Waals surface area contributed by atoms with E-state index in [9.17, 15) is 18.0 Å². The Bertz CT molecular complexity index is 515. The number of carbonyl (C=O) groups excluding carboxylic acids is 1. The molecule has 0 saturated carbocycles. The van der Waals surface area contributed by atoms with Gasteiger partial charge in [-0.1, -0.05) is 17.9 Å². The lowest BCUT2D eigenvalue weighted by Gasteiger charge is -2.07. The third-order valence-corrected chi connectivity index (χ3v) is 2.36. The van der Waals surface area contributed by atoms with Gasteiger partial charge in [-0.2, -0.15) is 13.2 Å². The molecule has 108 valence electrons. The van der Waals surface area contributed by atoms with E-state index >= 15 is 0 Å². The van der Waals surface area contributed by atoms with Crippen LogP contribution in [0.25, 0.3) is 0 Å². The van der Waals surface area contributed by atoms with Crippen LogP contribution in [0.3, 0.4) is 0 Å². The molecule has 6 heteroatoms. The van der Waals surface area contributed by atoms with E-state index in [1.807, 2.05) is 0 Å². The highest BCUT2D eigenvalue weighted by atomic mass is 19.4. The fourth-order valence-electron chi connectivity index (χ4n) is 1.47. The molecule has 0 spiro atoms. The van der Waals surface area contributed by atoms with Gasteiger partial charge in [0.25, 0.3) is 5.91 Å². The summed E-state index contributed by atoms with van der Waals surface area (Å²) in [5.74, 6) is 4.65. The number of nitrogens with one attached hydrogen (secondary N) is 1. The predicted molar refractivity (Wildman–Crippen MR) is 68.0 cm³/mol. The maximum atomic E-state index is 11.9. The lowest BCUT2D eigenvalue weighted by Crippen LogP contribution is -2.25. The molecule has 3 nitrogen and oxygen atoms in total. The zero-order chi connectivity index (χ0) is 15.0. The van der Waals surface area contributed by atoms with Crippen LogP contribution in [-0.2, 0) is 0 Å². The van der Waals surface area contributed by atoms with Crippen LogP contribution in [0.1, 0.15) is 28.8 Å². The van der Waals surface area contributed by atoms with Gasteiger partial charge in [0.2, 0.25) is 0 Å². The number of alkyl halides is 3. The molecule has 0 unspecified atom stereocenters. The summed E-state index contributed by atoms with van der Waals surface area (Å²) < 4.78 is 35.8. The first-order chi connectivity index (χ1) is 9.42. The first kappa shape index (κ1) is 16.1. The van der Waals surface area contributed by atoms with Gasteiger partial charge in [-0.3, -0.25) is 4.79 Å². The van der Waals surface area contributed by atoms with Crippen molar-refractivity contribution < 1.29 is 23.1 Å². The molecule has 1 amide bonds. The number of rotatable bonds is 4. The monoisotopic (exact) mass is 285 g/mol. The van der Waals surface area contributed by atoms with Gasteiger partial charge in [-0.15, -0.1) is 0 Å². The topological polar surface area (TPSA) is 49.3 Å². The molecule has 0 aliphatic carbocycles. The Morgan fingerprint density at radius 2 is 2.10 bits per heavy atom. The summed E-state index contributed by atoms with van der Waals surface area (Å²) in [6.45, 7) is -0.321. The van der Waals surface area contributed by atoms with Crippen LogP contribution in [0.4, 0.5) is 13.2 Å². The molecule has 1 aromatic rings. The summed E-state index contributed by atoms with van der Waals surface area (Å²) in [7, 11) is 0. The van der Waals surface area contributed by atoms with Gasteiger partial charge in [0.15, 0.2) is 0 Å². The van der Waals surface area contributed by atoms with Crippen LogP contribution in [0.5, 0.6) is 0 Å². The molecule has 0 atom stereocenters. The van der Waals surface area contributed by atoms with Crippen LogP contribution < -0.4 is 5.32 Å².